The fraction of sp³-hybridized carbons (Fsp3) is 0.133. The zero-order valence-electron chi connectivity index (χ0n) is 11.2. The van der Waals surface area contributed by atoms with E-state index in [-0.39, 0.29) is 17.9 Å². The Morgan fingerprint density at radius 2 is 2.05 bits per heavy atom. The Morgan fingerprint density at radius 3 is 2.81 bits per heavy atom. The molecule has 106 valence electrons. The minimum Gasteiger partial charge on any atom is -0.475 e. The molecule has 0 radical (unpaired) electrons. The van der Waals surface area contributed by atoms with Crippen molar-refractivity contribution in [2.24, 2.45) is 0 Å². The second-order valence-electron chi connectivity index (χ2n) is 4.68. The van der Waals surface area contributed by atoms with E-state index in [2.05, 4.69) is 5.10 Å². The first-order chi connectivity index (χ1) is 10.1. The van der Waals surface area contributed by atoms with Crippen molar-refractivity contribution < 1.29 is 14.3 Å². The van der Waals surface area contributed by atoms with Gasteiger partial charge in [-0.3, -0.25) is 4.79 Å². The first-order valence-corrected chi connectivity index (χ1v) is 6.35. The molecular weight excluding hydrogens is 272 g/mol. The molecular formula is C15H12N2O4. The molecule has 2 aromatic heterocycles. The van der Waals surface area contributed by atoms with Crippen LogP contribution < -0.4 is 5.56 Å². The number of rotatable bonds is 3. The maximum Gasteiger partial charge on any atom is 0.372 e. The molecule has 21 heavy (non-hydrogen) atoms. The maximum atomic E-state index is 11.8. The number of carboxylic acid groups (broad SMARTS) is 1. The second kappa shape index (κ2) is 4.90. The van der Waals surface area contributed by atoms with Crippen molar-refractivity contribution in [2.45, 2.75) is 13.5 Å². The van der Waals surface area contributed by atoms with E-state index in [1.807, 2.05) is 0 Å². The predicted octanol–water partition coefficient (Wildman–Crippen LogP) is 2.04. The van der Waals surface area contributed by atoms with Gasteiger partial charge in [0.2, 0.25) is 5.76 Å². The third-order valence-electron chi connectivity index (χ3n) is 3.20. The molecule has 6 nitrogen and oxygen atoms in total. The fourth-order valence-corrected chi connectivity index (χ4v) is 2.24. The summed E-state index contributed by atoms with van der Waals surface area (Å²) in [4.78, 5) is 23.2. The molecule has 0 amide bonds. The van der Waals surface area contributed by atoms with Crippen LogP contribution in [-0.2, 0) is 6.54 Å². The lowest BCUT2D eigenvalue weighted by atomic mass is 10.1. The molecule has 1 N–H and O–H groups in total. The Hall–Kier alpha value is -2.89. The lowest BCUT2D eigenvalue weighted by molar-refractivity contribution is 0.0663. The van der Waals surface area contributed by atoms with Gasteiger partial charge in [0.15, 0.2) is 0 Å². The molecule has 2 heterocycles. The van der Waals surface area contributed by atoms with Crippen LogP contribution in [-0.4, -0.2) is 20.9 Å². The van der Waals surface area contributed by atoms with E-state index in [1.165, 1.54) is 10.7 Å². The highest BCUT2D eigenvalue weighted by Gasteiger charge is 2.20. The van der Waals surface area contributed by atoms with Gasteiger partial charge >= 0.3 is 5.97 Å². The van der Waals surface area contributed by atoms with Crippen molar-refractivity contribution in [1.29, 1.82) is 0 Å². The van der Waals surface area contributed by atoms with E-state index in [9.17, 15) is 14.7 Å². The normalized spacial score (nSPS) is 10.9. The standard InChI is InChI=1S/C15H12N2O4/c1-9-6-7-13(18)17(16-9)8-11-10-4-2-3-5-12(10)21-14(11)15(19)20/h2-7H,8H2,1H3,(H,19,20). The van der Waals surface area contributed by atoms with Gasteiger partial charge in [-0.15, -0.1) is 0 Å². The molecule has 0 aliphatic carbocycles. The average molecular weight is 284 g/mol. The largest absolute Gasteiger partial charge is 0.475 e. The first kappa shape index (κ1) is 13.1. The minimum absolute atomic E-state index is 0.0547. The molecule has 0 fully saturated rings. The van der Waals surface area contributed by atoms with E-state index in [4.69, 9.17) is 4.42 Å². The molecule has 0 atom stereocenters. The van der Waals surface area contributed by atoms with Gasteiger partial charge < -0.3 is 9.52 Å². The molecule has 0 unspecified atom stereocenters. The summed E-state index contributed by atoms with van der Waals surface area (Å²) >= 11 is 0. The van der Waals surface area contributed by atoms with Crippen LogP contribution in [0.3, 0.4) is 0 Å². The molecule has 0 saturated carbocycles. The van der Waals surface area contributed by atoms with Gasteiger partial charge in [-0.05, 0) is 19.1 Å². The number of aryl methyl sites for hydroxylation is 1. The van der Waals surface area contributed by atoms with E-state index >= 15 is 0 Å². The monoisotopic (exact) mass is 284 g/mol. The van der Waals surface area contributed by atoms with Crippen LogP contribution >= 0.6 is 0 Å². The molecule has 1 aromatic carbocycles. The molecule has 3 aromatic rings. The number of aromatic carboxylic acids is 1. The van der Waals surface area contributed by atoms with Crippen molar-refractivity contribution >= 4 is 16.9 Å². The van der Waals surface area contributed by atoms with Crippen LogP contribution in [0.15, 0.2) is 45.6 Å². The minimum atomic E-state index is -1.16. The number of furan rings is 1. The first-order valence-electron chi connectivity index (χ1n) is 6.35. The Balaban J connectivity index is 2.19. The molecule has 0 bridgehead atoms. The van der Waals surface area contributed by atoms with Crippen molar-refractivity contribution in [3.63, 3.8) is 0 Å². The van der Waals surface area contributed by atoms with E-state index in [0.717, 1.165) is 0 Å². The zero-order valence-corrected chi connectivity index (χ0v) is 11.2. The SMILES string of the molecule is Cc1ccc(=O)n(Cc2c(C(=O)O)oc3ccccc23)n1. The van der Waals surface area contributed by atoms with Crippen LogP contribution in [0.5, 0.6) is 0 Å². The summed E-state index contributed by atoms with van der Waals surface area (Å²) in [6.07, 6.45) is 0. The smallest absolute Gasteiger partial charge is 0.372 e. The molecule has 3 rings (SSSR count). The Morgan fingerprint density at radius 1 is 1.29 bits per heavy atom. The van der Waals surface area contributed by atoms with Crippen molar-refractivity contribution in [3.05, 3.63) is 63.8 Å². The van der Waals surface area contributed by atoms with Gasteiger partial charge in [0.1, 0.15) is 5.58 Å². The topological polar surface area (TPSA) is 85.3 Å². The Labute approximate surface area is 119 Å². The quantitative estimate of drug-likeness (QED) is 0.795. The van der Waals surface area contributed by atoms with Crippen LogP contribution in [0.4, 0.5) is 0 Å². The van der Waals surface area contributed by atoms with Gasteiger partial charge in [-0.25, -0.2) is 9.48 Å². The number of para-hydroxylation sites is 1. The molecule has 0 aliphatic rings. The number of benzene rings is 1. The summed E-state index contributed by atoms with van der Waals surface area (Å²) in [6.45, 7) is 1.82. The maximum absolute atomic E-state index is 11.8. The second-order valence-corrected chi connectivity index (χ2v) is 4.68. The third kappa shape index (κ3) is 2.31. The molecule has 0 saturated heterocycles. The lowest BCUT2D eigenvalue weighted by Gasteiger charge is -2.04. The fourth-order valence-electron chi connectivity index (χ4n) is 2.24. The number of carbonyl (C=O) groups is 1. The Bertz CT molecular complexity index is 892. The number of nitrogens with zero attached hydrogens (tertiary/aromatic N) is 2. The third-order valence-corrected chi connectivity index (χ3v) is 3.20. The van der Waals surface area contributed by atoms with Gasteiger partial charge in [0.25, 0.3) is 5.56 Å². The zero-order chi connectivity index (χ0) is 15.0. The van der Waals surface area contributed by atoms with Crippen molar-refractivity contribution in [2.75, 3.05) is 0 Å². The average Bonchev–Trinajstić information content (AvgIpc) is 2.82. The van der Waals surface area contributed by atoms with E-state index < -0.39 is 5.97 Å². The number of aromatic nitrogens is 2. The summed E-state index contributed by atoms with van der Waals surface area (Å²) in [7, 11) is 0. The van der Waals surface area contributed by atoms with Crippen LogP contribution in [0.25, 0.3) is 11.0 Å². The highest BCUT2D eigenvalue weighted by molar-refractivity contribution is 5.95. The van der Waals surface area contributed by atoms with Crippen LogP contribution in [0, 0.1) is 6.92 Å². The summed E-state index contributed by atoms with van der Waals surface area (Å²) in [5.74, 6) is -1.33. The van der Waals surface area contributed by atoms with Gasteiger partial charge in [0, 0.05) is 17.0 Å². The summed E-state index contributed by atoms with van der Waals surface area (Å²) in [6, 6.07) is 10.0. The van der Waals surface area contributed by atoms with Gasteiger partial charge in [-0.2, -0.15) is 5.10 Å². The number of hydrogen-bond acceptors (Lipinski definition) is 4. The number of hydrogen-bond donors (Lipinski definition) is 1. The van der Waals surface area contributed by atoms with E-state index in [1.54, 1.807) is 37.3 Å². The number of fused-ring (bicyclic) bond motifs is 1. The number of carboxylic acids is 1. The Kier molecular flexibility index (Phi) is 3.06. The highest BCUT2D eigenvalue weighted by atomic mass is 16.4. The van der Waals surface area contributed by atoms with Crippen LogP contribution in [0.1, 0.15) is 21.8 Å². The van der Waals surface area contributed by atoms with Gasteiger partial charge in [0.05, 0.1) is 12.2 Å². The molecule has 0 aliphatic heterocycles. The predicted molar refractivity (Wildman–Crippen MR) is 75.5 cm³/mol. The van der Waals surface area contributed by atoms with Crippen molar-refractivity contribution in [3.8, 4) is 0 Å². The van der Waals surface area contributed by atoms with Crippen molar-refractivity contribution in [1.82, 2.24) is 9.78 Å². The van der Waals surface area contributed by atoms with E-state index in [0.29, 0.717) is 22.2 Å². The van der Waals surface area contributed by atoms with Gasteiger partial charge in [-0.1, -0.05) is 18.2 Å². The summed E-state index contributed by atoms with van der Waals surface area (Å²) in [5, 5.41) is 14.1. The summed E-state index contributed by atoms with van der Waals surface area (Å²) in [5.41, 5.74) is 1.31. The lowest BCUT2D eigenvalue weighted by Crippen LogP contribution is -2.23. The molecule has 6 heteroatoms. The molecule has 0 spiro atoms. The summed E-state index contributed by atoms with van der Waals surface area (Å²) < 4.78 is 6.60. The van der Waals surface area contributed by atoms with Crippen LogP contribution in [0.2, 0.25) is 0 Å². The highest BCUT2D eigenvalue weighted by Crippen LogP contribution is 2.26.